The molecule has 3 nitrogen and oxygen atoms in total. The maximum atomic E-state index is 5.59. The second-order valence-corrected chi connectivity index (χ2v) is 4.88. The first-order chi connectivity index (χ1) is 6.79. The maximum Gasteiger partial charge on any atom is 0.0195 e. The van der Waals surface area contributed by atoms with Crippen LogP contribution >= 0.6 is 0 Å². The van der Waals surface area contributed by atoms with Gasteiger partial charge < -0.3 is 10.6 Å². The van der Waals surface area contributed by atoms with Gasteiger partial charge in [-0.2, -0.15) is 0 Å². The van der Waals surface area contributed by atoms with Gasteiger partial charge in [0.25, 0.3) is 0 Å². The summed E-state index contributed by atoms with van der Waals surface area (Å²) in [4.78, 5) is 5.15. The van der Waals surface area contributed by atoms with E-state index in [9.17, 15) is 0 Å². The molecule has 1 aliphatic carbocycles. The van der Waals surface area contributed by atoms with E-state index in [1.54, 1.807) is 0 Å². The summed E-state index contributed by atoms with van der Waals surface area (Å²) < 4.78 is 0. The summed E-state index contributed by atoms with van der Waals surface area (Å²) in [6.45, 7) is 9.25. The predicted molar refractivity (Wildman–Crippen MR) is 59.3 cm³/mol. The Balaban J connectivity index is 1.73. The Labute approximate surface area is 87.2 Å². The van der Waals surface area contributed by atoms with E-state index in [-0.39, 0.29) is 0 Å². The van der Waals surface area contributed by atoms with E-state index in [2.05, 4.69) is 16.7 Å². The minimum absolute atomic E-state index is 0.700. The minimum Gasteiger partial charge on any atom is -0.329 e. The SMILES string of the molecule is C[C@@H]1CN(CC2CC2)CCN1CCN. The van der Waals surface area contributed by atoms with Crippen LogP contribution in [0, 0.1) is 5.92 Å². The van der Waals surface area contributed by atoms with Crippen LogP contribution in [0.15, 0.2) is 0 Å². The molecule has 0 bridgehead atoms. The lowest BCUT2D eigenvalue weighted by molar-refractivity contribution is 0.0831. The number of hydrogen-bond acceptors (Lipinski definition) is 3. The van der Waals surface area contributed by atoms with Crippen molar-refractivity contribution in [1.29, 1.82) is 0 Å². The third-order valence-corrected chi connectivity index (χ3v) is 3.48. The molecule has 82 valence electrons. The lowest BCUT2D eigenvalue weighted by atomic mass is 10.2. The van der Waals surface area contributed by atoms with Crippen LogP contribution in [0.2, 0.25) is 0 Å². The molecule has 0 aromatic heterocycles. The van der Waals surface area contributed by atoms with E-state index >= 15 is 0 Å². The molecule has 0 amide bonds. The van der Waals surface area contributed by atoms with Gasteiger partial charge in [0.05, 0.1) is 0 Å². The first-order valence-corrected chi connectivity index (χ1v) is 5.96. The van der Waals surface area contributed by atoms with Crippen LogP contribution in [-0.4, -0.2) is 55.1 Å². The van der Waals surface area contributed by atoms with Gasteiger partial charge in [0.2, 0.25) is 0 Å². The molecule has 1 atom stereocenters. The molecule has 0 radical (unpaired) electrons. The number of rotatable bonds is 4. The second-order valence-electron chi connectivity index (χ2n) is 4.88. The highest BCUT2D eigenvalue weighted by molar-refractivity contribution is 4.83. The Morgan fingerprint density at radius 3 is 2.64 bits per heavy atom. The fourth-order valence-electron chi connectivity index (χ4n) is 2.40. The molecule has 0 aromatic rings. The summed E-state index contributed by atoms with van der Waals surface area (Å²) in [5.41, 5.74) is 5.59. The molecule has 1 saturated heterocycles. The Morgan fingerprint density at radius 2 is 2.07 bits per heavy atom. The molecule has 0 spiro atoms. The summed E-state index contributed by atoms with van der Waals surface area (Å²) in [6.07, 6.45) is 2.94. The van der Waals surface area contributed by atoms with Gasteiger partial charge in [0.1, 0.15) is 0 Å². The lowest BCUT2D eigenvalue weighted by Gasteiger charge is -2.39. The van der Waals surface area contributed by atoms with Crippen molar-refractivity contribution in [2.45, 2.75) is 25.8 Å². The third kappa shape index (κ3) is 2.69. The van der Waals surface area contributed by atoms with Gasteiger partial charge in [-0.25, -0.2) is 0 Å². The fraction of sp³-hybridized carbons (Fsp3) is 1.00. The average molecular weight is 197 g/mol. The summed E-state index contributed by atoms with van der Waals surface area (Å²) >= 11 is 0. The maximum absolute atomic E-state index is 5.59. The highest BCUT2D eigenvalue weighted by Gasteiger charge is 2.28. The smallest absolute Gasteiger partial charge is 0.0195 e. The van der Waals surface area contributed by atoms with E-state index < -0.39 is 0 Å². The van der Waals surface area contributed by atoms with E-state index in [4.69, 9.17) is 5.73 Å². The van der Waals surface area contributed by atoms with Crippen LogP contribution < -0.4 is 5.73 Å². The quantitative estimate of drug-likeness (QED) is 0.706. The standard InChI is InChI=1S/C11H23N3/c1-10-8-13(9-11-2-3-11)6-7-14(10)5-4-12/h10-11H,2-9,12H2,1H3/t10-/m1/s1. The first kappa shape index (κ1) is 10.4. The molecule has 2 fully saturated rings. The normalized spacial score (nSPS) is 30.9. The van der Waals surface area contributed by atoms with Crippen molar-refractivity contribution >= 4 is 0 Å². The molecule has 0 unspecified atom stereocenters. The van der Waals surface area contributed by atoms with Crippen LogP contribution in [0.3, 0.4) is 0 Å². The lowest BCUT2D eigenvalue weighted by Crippen LogP contribution is -2.53. The van der Waals surface area contributed by atoms with Gasteiger partial charge in [0.15, 0.2) is 0 Å². The fourth-order valence-corrected chi connectivity index (χ4v) is 2.40. The Hall–Kier alpha value is -0.120. The molecule has 1 aliphatic heterocycles. The molecule has 1 saturated carbocycles. The Kier molecular flexibility index (Phi) is 3.42. The van der Waals surface area contributed by atoms with Crippen molar-refractivity contribution in [2.24, 2.45) is 11.7 Å². The zero-order valence-electron chi connectivity index (χ0n) is 9.28. The van der Waals surface area contributed by atoms with Gasteiger partial charge in [-0.15, -0.1) is 0 Å². The number of nitrogens with two attached hydrogens (primary N) is 1. The van der Waals surface area contributed by atoms with Crippen LogP contribution in [0.5, 0.6) is 0 Å². The minimum atomic E-state index is 0.700. The number of nitrogens with zero attached hydrogens (tertiary/aromatic N) is 2. The van der Waals surface area contributed by atoms with Gasteiger partial charge in [0, 0.05) is 45.3 Å². The Morgan fingerprint density at radius 1 is 1.29 bits per heavy atom. The van der Waals surface area contributed by atoms with Gasteiger partial charge >= 0.3 is 0 Å². The Bertz CT molecular complexity index is 179. The molecule has 1 heterocycles. The van der Waals surface area contributed by atoms with Crippen molar-refractivity contribution in [2.75, 3.05) is 39.3 Å². The van der Waals surface area contributed by atoms with Crippen LogP contribution in [0.1, 0.15) is 19.8 Å². The molecule has 2 aliphatic rings. The molecule has 3 heteroatoms. The molecule has 0 aromatic carbocycles. The van der Waals surface area contributed by atoms with Crippen molar-refractivity contribution in [3.8, 4) is 0 Å². The average Bonchev–Trinajstić information content (AvgIpc) is 2.94. The molecule has 2 rings (SSSR count). The molecular formula is C11H23N3. The van der Waals surface area contributed by atoms with Crippen LogP contribution in [0.4, 0.5) is 0 Å². The van der Waals surface area contributed by atoms with E-state index in [0.29, 0.717) is 6.04 Å². The van der Waals surface area contributed by atoms with E-state index in [0.717, 1.165) is 19.0 Å². The van der Waals surface area contributed by atoms with E-state index in [1.165, 1.54) is 39.0 Å². The second kappa shape index (κ2) is 4.60. The topological polar surface area (TPSA) is 32.5 Å². The third-order valence-electron chi connectivity index (χ3n) is 3.48. The molecule has 2 N–H and O–H groups in total. The highest BCUT2D eigenvalue weighted by Crippen LogP contribution is 2.30. The van der Waals surface area contributed by atoms with Crippen molar-refractivity contribution in [1.82, 2.24) is 9.80 Å². The van der Waals surface area contributed by atoms with Gasteiger partial charge in [-0.05, 0) is 25.7 Å². The summed E-state index contributed by atoms with van der Waals surface area (Å²) in [5, 5.41) is 0. The highest BCUT2D eigenvalue weighted by atomic mass is 15.3. The number of piperazine rings is 1. The molecule has 14 heavy (non-hydrogen) atoms. The van der Waals surface area contributed by atoms with Gasteiger partial charge in [-0.3, -0.25) is 4.90 Å². The summed E-state index contributed by atoms with van der Waals surface area (Å²) in [6, 6.07) is 0.700. The van der Waals surface area contributed by atoms with Crippen molar-refractivity contribution < 1.29 is 0 Å². The monoisotopic (exact) mass is 197 g/mol. The molecular weight excluding hydrogens is 174 g/mol. The first-order valence-electron chi connectivity index (χ1n) is 5.96. The zero-order chi connectivity index (χ0) is 9.97. The largest absolute Gasteiger partial charge is 0.329 e. The zero-order valence-corrected chi connectivity index (χ0v) is 9.28. The van der Waals surface area contributed by atoms with Crippen molar-refractivity contribution in [3.63, 3.8) is 0 Å². The van der Waals surface area contributed by atoms with Crippen LogP contribution in [-0.2, 0) is 0 Å². The predicted octanol–water partition coefficient (Wildman–Crippen LogP) is 0.361. The van der Waals surface area contributed by atoms with Gasteiger partial charge in [-0.1, -0.05) is 0 Å². The van der Waals surface area contributed by atoms with Crippen molar-refractivity contribution in [3.05, 3.63) is 0 Å². The summed E-state index contributed by atoms with van der Waals surface area (Å²) in [5.74, 6) is 1.03. The van der Waals surface area contributed by atoms with E-state index in [1.807, 2.05) is 0 Å². The number of hydrogen-bond donors (Lipinski definition) is 1. The van der Waals surface area contributed by atoms with Crippen LogP contribution in [0.25, 0.3) is 0 Å². The summed E-state index contributed by atoms with van der Waals surface area (Å²) in [7, 11) is 0.